The van der Waals surface area contributed by atoms with E-state index in [0.29, 0.717) is 5.56 Å². The average Bonchev–Trinajstić information content (AvgIpc) is 2.05. The lowest BCUT2D eigenvalue weighted by Gasteiger charge is -1.93. The number of aryl methyl sites for hydroxylation is 1. The molecule has 0 aliphatic rings. The molecule has 3 heteroatoms. The maximum absolute atomic E-state index is 8.55. The van der Waals surface area contributed by atoms with E-state index in [0.717, 1.165) is 5.56 Å². The monoisotopic (exact) mass is 143 g/mol. The van der Waals surface area contributed by atoms with Crippen molar-refractivity contribution in [3.05, 3.63) is 29.1 Å². The summed E-state index contributed by atoms with van der Waals surface area (Å²) in [7, 11) is 0. The van der Waals surface area contributed by atoms with E-state index in [1.165, 1.54) is 12.3 Å². The average molecular weight is 143 g/mol. The zero-order chi connectivity index (χ0) is 8.27. The largest absolute Gasteiger partial charge is 0.245 e. The minimum absolute atomic E-state index is 0.284. The van der Waals surface area contributed by atoms with Crippen molar-refractivity contribution >= 4 is 0 Å². The van der Waals surface area contributed by atoms with Gasteiger partial charge in [0.25, 0.3) is 0 Å². The summed E-state index contributed by atoms with van der Waals surface area (Å²) in [6.07, 6.45) is 1.52. The van der Waals surface area contributed by atoms with Gasteiger partial charge in [-0.25, -0.2) is 4.98 Å². The minimum Gasteiger partial charge on any atom is -0.245 e. The Morgan fingerprint density at radius 2 is 2.09 bits per heavy atom. The van der Waals surface area contributed by atoms with Gasteiger partial charge in [-0.15, -0.1) is 0 Å². The third kappa shape index (κ3) is 1.33. The van der Waals surface area contributed by atoms with Crippen LogP contribution < -0.4 is 0 Å². The van der Waals surface area contributed by atoms with E-state index < -0.39 is 0 Å². The quantitative estimate of drug-likeness (QED) is 0.547. The Morgan fingerprint density at radius 1 is 1.36 bits per heavy atom. The Bertz CT molecular complexity index is 355. The van der Waals surface area contributed by atoms with Crippen molar-refractivity contribution in [2.24, 2.45) is 0 Å². The van der Waals surface area contributed by atoms with Gasteiger partial charge in [0, 0.05) is 6.20 Å². The predicted molar refractivity (Wildman–Crippen MR) is 38.4 cm³/mol. The van der Waals surface area contributed by atoms with Gasteiger partial charge in [-0.05, 0) is 18.6 Å². The predicted octanol–water partition coefficient (Wildman–Crippen LogP) is 1.13. The van der Waals surface area contributed by atoms with Crippen LogP contribution in [0.25, 0.3) is 0 Å². The molecule has 0 radical (unpaired) electrons. The van der Waals surface area contributed by atoms with E-state index >= 15 is 0 Å². The zero-order valence-corrected chi connectivity index (χ0v) is 6.00. The molecule has 0 amide bonds. The van der Waals surface area contributed by atoms with Crippen LogP contribution in [0.1, 0.15) is 16.8 Å². The van der Waals surface area contributed by atoms with Crippen molar-refractivity contribution < 1.29 is 0 Å². The van der Waals surface area contributed by atoms with Gasteiger partial charge in [0.05, 0.1) is 11.6 Å². The molecule has 1 heterocycles. The topological polar surface area (TPSA) is 60.5 Å². The highest BCUT2D eigenvalue weighted by Crippen LogP contribution is 2.05. The minimum atomic E-state index is 0.284. The van der Waals surface area contributed by atoms with Crippen LogP contribution in [0.15, 0.2) is 12.3 Å². The smallest absolute Gasteiger partial charge is 0.141 e. The number of rotatable bonds is 0. The second-order valence-corrected chi connectivity index (χ2v) is 2.11. The van der Waals surface area contributed by atoms with Crippen LogP contribution in [0.3, 0.4) is 0 Å². The molecule has 0 saturated carbocycles. The third-order valence-electron chi connectivity index (χ3n) is 1.34. The molecule has 0 bridgehead atoms. The summed E-state index contributed by atoms with van der Waals surface area (Å²) in [5.74, 6) is 0. The fraction of sp³-hybridized carbons (Fsp3) is 0.125. The summed E-state index contributed by atoms with van der Waals surface area (Å²) in [6.45, 7) is 1.78. The first-order valence-corrected chi connectivity index (χ1v) is 3.05. The van der Waals surface area contributed by atoms with E-state index in [2.05, 4.69) is 4.98 Å². The van der Waals surface area contributed by atoms with Crippen molar-refractivity contribution in [2.45, 2.75) is 6.92 Å². The van der Waals surface area contributed by atoms with E-state index in [-0.39, 0.29) is 5.69 Å². The molecule has 0 aliphatic heterocycles. The highest BCUT2D eigenvalue weighted by molar-refractivity contribution is 5.39. The van der Waals surface area contributed by atoms with Crippen molar-refractivity contribution in [3.63, 3.8) is 0 Å². The molecule has 0 aromatic carbocycles. The van der Waals surface area contributed by atoms with E-state index in [1.54, 1.807) is 6.92 Å². The molecule has 0 fully saturated rings. The molecule has 3 nitrogen and oxygen atoms in total. The summed E-state index contributed by atoms with van der Waals surface area (Å²) in [4.78, 5) is 3.79. The molecule has 0 spiro atoms. The van der Waals surface area contributed by atoms with Crippen LogP contribution in [0.2, 0.25) is 0 Å². The molecule has 1 rings (SSSR count). The molecular weight excluding hydrogens is 138 g/mol. The Kier molecular flexibility index (Phi) is 1.85. The van der Waals surface area contributed by atoms with Gasteiger partial charge in [0.15, 0.2) is 0 Å². The van der Waals surface area contributed by atoms with Gasteiger partial charge < -0.3 is 0 Å². The Hall–Kier alpha value is -1.87. The Morgan fingerprint density at radius 3 is 2.64 bits per heavy atom. The molecule has 52 valence electrons. The van der Waals surface area contributed by atoms with Gasteiger partial charge >= 0.3 is 0 Å². The lowest BCUT2D eigenvalue weighted by atomic mass is 10.1. The second-order valence-electron chi connectivity index (χ2n) is 2.11. The molecule has 0 unspecified atom stereocenters. The number of nitrogens with zero attached hydrogens (tertiary/aromatic N) is 3. The third-order valence-corrected chi connectivity index (χ3v) is 1.34. The zero-order valence-electron chi connectivity index (χ0n) is 6.00. The summed E-state index contributed by atoms with van der Waals surface area (Å²) in [5, 5.41) is 17.0. The first-order valence-electron chi connectivity index (χ1n) is 3.05. The Balaban J connectivity index is 3.29. The molecule has 0 atom stereocenters. The number of pyridine rings is 1. The van der Waals surface area contributed by atoms with Gasteiger partial charge in [0.2, 0.25) is 0 Å². The fourth-order valence-electron chi connectivity index (χ4n) is 0.705. The number of hydrogen-bond acceptors (Lipinski definition) is 3. The van der Waals surface area contributed by atoms with E-state index in [1.807, 2.05) is 12.1 Å². The highest BCUT2D eigenvalue weighted by Gasteiger charge is 1.98. The molecule has 1 aromatic rings. The normalized spacial score (nSPS) is 8.27. The summed E-state index contributed by atoms with van der Waals surface area (Å²) >= 11 is 0. The van der Waals surface area contributed by atoms with Gasteiger partial charge in [-0.3, -0.25) is 0 Å². The van der Waals surface area contributed by atoms with Crippen LogP contribution >= 0.6 is 0 Å². The molecular formula is C8H5N3. The number of hydrogen-bond donors (Lipinski definition) is 0. The maximum Gasteiger partial charge on any atom is 0.141 e. The van der Waals surface area contributed by atoms with Crippen LogP contribution in [-0.2, 0) is 0 Å². The van der Waals surface area contributed by atoms with Crippen LogP contribution in [-0.4, -0.2) is 4.98 Å². The van der Waals surface area contributed by atoms with Crippen LogP contribution in [0, 0.1) is 29.6 Å². The molecule has 0 N–H and O–H groups in total. The molecule has 11 heavy (non-hydrogen) atoms. The summed E-state index contributed by atoms with van der Waals surface area (Å²) < 4.78 is 0. The van der Waals surface area contributed by atoms with Crippen molar-refractivity contribution in [3.8, 4) is 12.1 Å². The second kappa shape index (κ2) is 2.81. The van der Waals surface area contributed by atoms with E-state index in [9.17, 15) is 0 Å². The van der Waals surface area contributed by atoms with Gasteiger partial charge in [-0.2, -0.15) is 10.5 Å². The first kappa shape index (κ1) is 7.24. The summed E-state index contributed by atoms with van der Waals surface area (Å²) in [6, 6.07) is 5.33. The number of nitriles is 2. The standard InChI is InChI=1S/C8H5N3/c1-6-5-11-8(4-10)2-7(6)3-9/h2,5H,1H3. The molecule has 0 saturated heterocycles. The van der Waals surface area contributed by atoms with Crippen LogP contribution in [0.4, 0.5) is 0 Å². The Labute approximate surface area is 64.5 Å². The van der Waals surface area contributed by atoms with Crippen molar-refractivity contribution in [2.75, 3.05) is 0 Å². The molecule has 0 aliphatic carbocycles. The van der Waals surface area contributed by atoms with Crippen LogP contribution in [0.5, 0.6) is 0 Å². The maximum atomic E-state index is 8.55. The highest BCUT2D eigenvalue weighted by atomic mass is 14.7. The first-order chi connectivity index (χ1) is 5.27. The fourth-order valence-corrected chi connectivity index (χ4v) is 0.705. The van der Waals surface area contributed by atoms with Gasteiger partial charge in [-0.1, -0.05) is 0 Å². The number of aromatic nitrogens is 1. The lowest BCUT2D eigenvalue weighted by molar-refractivity contribution is 1.21. The van der Waals surface area contributed by atoms with Gasteiger partial charge in [0.1, 0.15) is 11.8 Å². The summed E-state index contributed by atoms with van der Waals surface area (Å²) in [5.41, 5.74) is 1.59. The van der Waals surface area contributed by atoms with Crippen molar-refractivity contribution in [1.29, 1.82) is 10.5 Å². The SMILES string of the molecule is Cc1cnc(C#N)cc1C#N. The van der Waals surface area contributed by atoms with Crippen molar-refractivity contribution in [1.82, 2.24) is 4.98 Å². The lowest BCUT2D eigenvalue weighted by Crippen LogP contribution is -1.87. The van der Waals surface area contributed by atoms with E-state index in [4.69, 9.17) is 10.5 Å². The molecule has 1 aromatic heterocycles.